The molecule has 0 aromatic rings. The number of hydrogen-bond acceptors (Lipinski definition) is 0. The molecule has 0 saturated heterocycles. The van der Waals surface area contributed by atoms with Gasteiger partial charge in [0.1, 0.15) is 0 Å². The van der Waals surface area contributed by atoms with E-state index in [9.17, 15) is 0 Å². The Bertz CT molecular complexity index is 131. The predicted octanol–water partition coefficient (Wildman–Crippen LogP) is 3.14. The van der Waals surface area contributed by atoms with E-state index in [1.807, 2.05) is 0 Å². The molecule has 0 bridgehead atoms. The van der Waals surface area contributed by atoms with E-state index in [2.05, 4.69) is 20.8 Å². The van der Waals surface area contributed by atoms with E-state index in [-0.39, 0.29) is 0 Å². The highest BCUT2D eigenvalue weighted by Gasteiger charge is 2.15. The van der Waals surface area contributed by atoms with Gasteiger partial charge in [-0.1, -0.05) is 25.0 Å². The molecule has 1 aliphatic rings. The maximum atomic E-state index is 2.34. The Morgan fingerprint density at radius 3 is 2.33 bits per heavy atom. The molecule has 0 heterocycles. The van der Waals surface area contributed by atoms with Crippen LogP contribution in [0.5, 0.6) is 0 Å². The van der Waals surface area contributed by atoms with Crippen LogP contribution >= 0.6 is 0 Å². The lowest BCUT2D eigenvalue weighted by atomic mass is 10.1. The van der Waals surface area contributed by atoms with E-state index in [4.69, 9.17) is 0 Å². The van der Waals surface area contributed by atoms with Gasteiger partial charge in [0.05, 0.1) is 0 Å². The van der Waals surface area contributed by atoms with Gasteiger partial charge in [0.25, 0.3) is 0 Å². The van der Waals surface area contributed by atoms with Crippen molar-refractivity contribution >= 4 is 0 Å². The highest BCUT2D eigenvalue weighted by Crippen LogP contribution is 2.32. The van der Waals surface area contributed by atoms with Crippen molar-refractivity contribution in [3.63, 3.8) is 0 Å². The van der Waals surface area contributed by atoms with Crippen LogP contribution in [0.2, 0.25) is 0 Å². The van der Waals surface area contributed by atoms with Crippen molar-refractivity contribution in [3.05, 3.63) is 11.1 Å². The largest absolute Gasteiger partial charge is 0.0738 e. The summed E-state index contributed by atoms with van der Waals surface area (Å²) in [4.78, 5) is 0. The SMILES string of the molecule is CCC1=C(C)CC(C)C1. The van der Waals surface area contributed by atoms with E-state index < -0.39 is 0 Å². The second-order valence-corrected chi connectivity index (χ2v) is 3.25. The van der Waals surface area contributed by atoms with Crippen LogP contribution in [0.15, 0.2) is 11.1 Å². The second-order valence-electron chi connectivity index (χ2n) is 3.25. The average Bonchev–Trinajstić information content (AvgIpc) is 2.10. The van der Waals surface area contributed by atoms with Crippen LogP contribution < -0.4 is 0 Å². The van der Waals surface area contributed by atoms with Crippen LogP contribution in [0, 0.1) is 5.92 Å². The molecule has 0 amide bonds. The molecule has 0 nitrogen and oxygen atoms in total. The van der Waals surface area contributed by atoms with Gasteiger partial charge in [-0.05, 0) is 32.1 Å². The van der Waals surface area contributed by atoms with Gasteiger partial charge in [-0.3, -0.25) is 0 Å². The standard InChI is InChI=1S/C9H16/c1-4-9-6-7(2)5-8(9)3/h7H,4-6H2,1-3H3. The summed E-state index contributed by atoms with van der Waals surface area (Å²) in [6.45, 7) is 6.88. The minimum atomic E-state index is 0.931. The zero-order chi connectivity index (χ0) is 6.85. The van der Waals surface area contributed by atoms with E-state index in [0.717, 1.165) is 5.92 Å². The summed E-state index contributed by atoms with van der Waals surface area (Å²) in [5.74, 6) is 0.931. The Balaban J connectivity index is 2.58. The molecule has 1 unspecified atom stereocenters. The smallest absolute Gasteiger partial charge is 0.0289 e. The van der Waals surface area contributed by atoms with Gasteiger partial charge in [-0.2, -0.15) is 0 Å². The normalized spacial score (nSPS) is 27.7. The Labute approximate surface area is 58.0 Å². The lowest BCUT2D eigenvalue weighted by Gasteiger charge is -1.97. The Hall–Kier alpha value is -0.260. The zero-order valence-electron chi connectivity index (χ0n) is 6.70. The summed E-state index contributed by atoms with van der Waals surface area (Å²) in [5.41, 5.74) is 3.37. The fourth-order valence-electron chi connectivity index (χ4n) is 1.78. The molecule has 1 atom stereocenters. The highest BCUT2D eigenvalue weighted by atomic mass is 14.2. The summed E-state index contributed by atoms with van der Waals surface area (Å²) >= 11 is 0. The van der Waals surface area contributed by atoms with Gasteiger partial charge in [0, 0.05) is 0 Å². The lowest BCUT2D eigenvalue weighted by molar-refractivity contribution is 0.615. The summed E-state index contributed by atoms with van der Waals surface area (Å²) in [6, 6.07) is 0. The predicted molar refractivity (Wildman–Crippen MR) is 41.4 cm³/mol. The van der Waals surface area contributed by atoms with Crippen molar-refractivity contribution in [2.24, 2.45) is 5.92 Å². The first-order valence-corrected chi connectivity index (χ1v) is 3.91. The molecule has 0 aromatic heterocycles. The van der Waals surface area contributed by atoms with E-state index >= 15 is 0 Å². The molecule has 0 saturated carbocycles. The Kier molecular flexibility index (Phi) is 1.94. The molecule has 52 valence electrons. The van der Waals surface area contributed by atoms with Crippen molar-refractivity contribution < 1.29 is 0 Å². The van der Waals surface area contributed by atoms with Crippen molar-refractivity contribution in [2.75, 3.05) is 0 Å². The monoisotopic (exact) mass is 124 g/mol. The Morgan fingerprint density at radius 1 is 1.44 bits per heavy atom. The van der Waals surface area contributed by atoms with E-state index in [1.165, 1.54) is 19.3 Å². The first-order chi connectivity index (χ1) is 4.24. The molecular weight excluding hydrogens is 108 g/mol. The molecule has 0 N–H and O–H groups in total. The molecule has 1 aliphatic carbocycles. The van der Waals surface area contributed by atoms with Crippen LogP contribution in [0.4, 0.5) is 0 Å². The third-order valence-electron chi connectivity index (χ3n) is 2.28. The highest BCUT2D eigenvalue weighted by molar-refractivity contribution is 5.18. The molecule has 0 spiro atoms. The molecule has 0 radical (unpaired) electrons. The van der Waals surface area contributed by atoms with Gasteiger partial charge >= 0.3 is 0 Å². The van der Waals surface area contributed by atoms with Gasteiger partial charge in [0.15, 0.2) is 0 Å². The number of rotatable bonds is 1. The van der Waals surface area contributed by atoms with Crippen molar-refractivity contribution in [2.45, 2.75) is 40.0 Å². The first kappa shape index (κ1) is 6.85. The number of hydrogen-bond donors (Lipinski definition) is 0. The molecular formula is C9H16. The summed E-state index contributed by atoms with van der Waals surface area (Å²) in [6.07, 6.45) is 3.99. The lowest BCUT2D eigenvalue weighted by Crippen LogP contribution is -1.84. The maximum absolute atomic E-state index is 2.34. The quantitative estimate of drug-likeness (QED) is 0.471. The van der Waals surface area contributed by atoms with Crippen molar-refractivity contribution in [3.8, 4) is 0 Å². The third kappa shape index (κ3) is 1.35. The van der Waals surface area contributed by atoms with Crippen LogP contribution in [0.25, 0.3) is 0 Å². The summed E-state index contributed by atoms with van der Waals surface area (Å²) in [7, 11) is 0. The molecule has 0 aromatic carbocycles. The fraction of sp³-hybridized carbons (Fsp3) is 0.778. The summed E-state index contributed by atoms with van der Waals surface area (Å²) in [5, 5.41) is 0. The van der Waals surface area contributed by atoms with E-state index in [1.54, 1.807) is 11.1 Å². The van der Waals surface area contributed by atoms with Crippen LogP contribution in [0.1, 0.15) is 40.0 Å². The molecule has 0 fully saturated rings. The van der Waals surface area contributed by atoms with Gasteiger partial charge in [-0.15, -0.1) is 0 Å². The van der Waals surface area contributed by atoms with Crippen LogP contribution in [-0.2, 0) is 0 Å². The molecule has 0 heteroatoms. The first-order valence-electron chi connectivity index (χ1n) is 3.91. The maximum Gasteiger partial charge on any atom is -0.0289 e. The molecule has 9 heavy (non-hydrogen) atoms. The summed E-state index contributed by atoms with van der Waals surface area (Å²) < 4.78 is 0. The zero-order valence-corrected chi connectivity index (χ0v) is 6.70. The van der Waals surface area contributed by atoms with Crippen molar-refractivity contribution in [1.82, 2.24) is 0 Å². The number of allylic oxidation sites excluding steroid dienone is 2. The second kappa shape index (κ2) is 2.55. The topological polar surface area (TPSA) is 0 Å². The minimum absolute atomic E-state index is 0.931. The average molecular weight is 124 g/mol. The third-order valence-corrected chi connectivity index (χ3v) is 2.28. The van der Waals surface area contributed by atoms with Crippen LogP contribution in [-0.4, -0.2) is 0 Å². The van der Waals surface area contributed by atoms with Crippen molar-refractivity contribution in [1.29, 1.82) is 0 Å². The van der Waals surface area contributed by atoms with Gasteiger partial charge < -0.3 is 0 Å². The van der Waals surface area contributed by atoms with Crippen LogP contribution in [0.3, 0.4) is 0 Å². The van der Waals surface area contributed by atoms with Gasteiger partial charge in [0.2, 0.25) is 0 Å². The minimum Gasteiger partial charge on any atom is -0.0738 e. The Morgan fingerprint density at radius 2 is 2.11 bits per heavy atom. The molecule has 1 rings (SSSR count). The van der Waals surface area contributed by atoms with E-state index in [0.29, 0.717) is 0 Å². The fourth-order valence-corrected chi connectivity index (χ4v) is 1.78. The molecule has 0 aliphatic heterocycles. The van der Waals surface area contributed by atoms with Gasteiger partial charge in [-0.25, -0.2) is 0 Å².